The molecule has 0 bridgehead atoms. The van der Waals surface area contributed by atoms with E-state index in [1.54, 1.807) is 20.1 Å². The topological polar surface area (TPSA) is 80.2 Å². The Morgan fingerprint density at radius 2 is 2.00 bits per heavy atom. The van der Waals surface area contributed by atoms with Crippen LogP contribution in [0.15, 0.2) is 59.7 Å². The average Bonchev–Trinajstić information content (AvgIpc) is 2.66. The minimum atomic E-state index is -0.715. The highest BCUT2D eigenvalue weighted by Gasteiger charge is 2.09. The molecule has 1 atom stereocenters. The zero-order chi connectivity index (χ0) is 19.5. The van der Waals surface area contributed by atoms with Gasteiger partial charge in [0, 0.05) is 5.56 Å². The van der Waals surface area contributed by atoms with E-state index in [0.29, 0.717) is 23.7 Å². The van der Waals surface area contributed by atoms with E-state index in [1.165, 1.54) is 6.21 Å². The fourth-order valence-corrected chi connectivity index (χ4v) is 2.32. The first-order chi connectivity index (χ1) is 13.1. The summed E-state index contributed by atoms with van der Waals surface area (Å²) in [4.78, 5) is 11.5. The van der Waals surface area contributed by atoms with Gasteiger partial charge < -0.3 is 14.6 Å². The van der Waals surface area contributed by atoms with Crippen LogP contribution < -0.4 is 14.9 Å². The third-order valence-corrected chi connectivity index (χ3v) is 3.54. The van der Waals surface area contributed by atoms with Gasteiger partial charge in [0.25, 0.3) is 0 Å². The number of carbonyl (C=O) groups is 1. The van der Waals surface area contributed by atoms with Gasteiger partial charge in [0.2, 0.25) is 5.91 Å². The number of benzene rings is 2. The normalized spacial score (nSPS) is 12.3. The summed E-state index contributed by atoms with van der Waals surface area (Å²) in [5, 5.41) is 13.1. The molecule has 2 aromatic carbocycles. The fourth-order valence-electron chi connectivity index (χ4n) is 2.32. The number of hydrazone groups is 1. The summed E-state index contributed by atoms with van der Waals surface area (Å²) in [6, 6.07) is 15.3. The maximum atomic E-state index is 11.5. The van der Waals surface area contributed by atoms with Crippen LogP contribution in [-0.4, -0.2) is 37.0 Å². The third kappa shape index (κ3) is 6.95. The molecule has 142 valence electrons. The summed E-state index contributed by atoms with van der Waals surface area (Å²) in [5.41, 5.74) is 4.13. The molecule has 0 spiro atoms. The summed E-state index contributed by atoms with van der Waals surface area (Å²) in [6.07, 6.45) is 4.64. The van der Waals surface area contributed by atoms with Crippen molar-refractivity contribution in [2.45, 2.75) is 19.4 Å². The van der Waals surface area contributed by atoms with Gasteiger partial charge in [-0.1, -0.05) is 42.5 Å². The van der Waals surface area contributed by atoms with Crippen molar-refractivity contribution in [3.8, 4) is 11.5 Å². The second-order valence-electron chi connectivity index (χ2n) is 5.85. The Labute approximate surface area is 159 Å². The van der Waals surface area contributed by atoms with E-state index >= 15 is 0 Å². The second-order valence-corrected chi connectivity index (χ2v) is 5.85. The molecule has 0 aromatic heterocycles. The van der Waals surface area contributed by atoms with Crippen molar-refractivity contribution in [1.82, 2.24) is 5.43 Å². The van der Waals surface area contributed by atoms with Crippen molar-refractivity contribution in [3.63, 3.8) is 0 Å². The molecule has 6 heteroatoms. The number of aliphatic hydroxyl groups excluding tert-OH is 1. The Kier molecular flexibility index (Phi) is 8.06. The molecule has 0 fully saturated rings. The number of nitrogens with zero attached hydrogens (tertiary/aromatic N) is 1. The van der Waals surface area contributed by atoms with Crippen molar-refractivity contribution in [1.29, 1.82) is 0 Å². The lowest BCUT2D eigenvalue weighted by Crippen LogP contribution is -2.21. The highest BCUT2D eigenvalue weighted by Crippen LogP contribution is 2.30. The van der Waals surface area contributed by atoms with Crippen LogP contribution in [0, 0.1) is 0 Å². The SMILES string of the molecule is COc1cccc(C=NNC(=O)CC(C)O)c1OC/C=C/c1ccccc1. The third-order valence-electron chi connectivity index (χ3n) is 3.54. The Hall–Kier alpha value is -3.12. The minimum Gasteiger partial charge on any atom is -0.493 e. The van der Waals surface area contributed by atoms with Crippen molar-refractivity contribution in [3.05, 3.63) is 65.7 Å². The summed E-state index contributed by atoms with van der Waals surface area (Å²) < 4.78 is 11.2. The minimum absolute atomic E-state index is 0.0108. The number of ether oxygens (including phenoxy) is 2. The van der Waals surface area contributed by atoms with Gasteiger partial charge in [0.15, 0.2) is 11.5 Å². The zero-order valence-electron chi connectivity index (χ0n) is 15.5. The zero-order valence-corrected chi connectivity index (χ0v) is 15.5. The lowest BCUT2D eigenvalue weighted by molar-refractivity contribution is -0.122. The summed E-state index contributed by atoms with van der Waals surface area (Å²) in [6.45, 7) is 1.89. The highest BCUT2D eigenvalue weighted by molar-refractivity contribution is 5.86. The predicted molar refractivity (Wildman–Crippen MR) is 106 cm³/mol. The Morgan fingerprint density at radius 3 is 2.70 bits per heavy atom. The fraction of sp³-hybridized carbons (Fsp3) is 0.238. The molecule has 0 heterocycles. The molecule has 0 aliphatic rings. The van der Waals surface area contributed by atoms with Crippen molar-refractivity contribution in [2.75, 3.05) is 13.7 Å². The Balaban J connectivity index is 2.03. The molecule has 0 saturated heterocycles. The number of rotatable bonds is 9. The van der Waals surface area contributed by atoms with Gasteiger partial charge >= 0.3 is 0 Å². The molecule has 1 amide bonds. The number of hydrogen-bond donors (Lipinski definition) is 2. The molecule has 27 heavy (non-hydrogen) atoms. The first-order valence-electron chi connectivity index (χ1n) is 8.61. The summed E-state index contributed by atoms with van der Waals surface area (Å²) in [5.74, 6) is 0.742. The van der Waals surface area contributed by atoms with Crippen LogP contribution in [0.1, 0.15) is 24.5 Å². The molecule has 6 nitrogen and oxygen atoms in total. The van der Waals surface area contributed by atoms with E-state index in [-0.39, 0.29) is 12.3 Å². The molecule has 1 unspecified atom stereocenters. The van der Waals surface area contributed by atoms with Crippen LogP contribution >= 0.6 is 0 Å². The molecular formula is C21H24N2O4. The standard InChI is InChI=1S/C21H24N2O4/c1-16(24)14-20(25)23-22-15-18-11-6-12-19(26-2)21(18)27-13-7-10-17-8-4-3-5-9-17/h3-12,15-16,24H,13-14H2,1-2H3,(H,23,25)/b10-7+,22-15?. The average molecular weight is 368 g/mol. The quantitative estimate of drug-likeness (QED) is 0.527. The van der Waals surface area contributed by atoms with E-state index in [2.05, 4.69) is 10.5 Å². The van der Waals surface area contributed by atoms with Gasteiger partial charge in [-0.05, 0) is 30.7 Å². The van der Waals surface area contributed by atoms with Gasteiger partial charge in [-0.25, -0.2) is 5.43 Å². The maximum Gasteiger partial charge on any atom is 0.242 e. The van der Waals surface area contributed by atoms with E-state index in [4.69, 9.17) is 9.47 Å². The Morgan fingerprint density at radius 1 is 1.22 bits per heavy atom. The van der Waals surface area contributed by atoms with Crippen molar-refractivity contribution in [2.24, 2.45) is 5.10 Å². The number of nitrogens with one attached hydrogen (secondary N) is 1. The predicted octanol–water partition coefficient (Wildman–Crippen LogP) is 3.01. The molecule has 0 radical (unpaired) electrons. The molecule has 0 aliphatic heterocycles. The van der Waals surface area contributed by atoms with Crippen LogP contribution in [0.5, 0.6) is 11.5 Å². The Bertz CT molecular complexity index is 786. The molecule has 0 aliphatic carbocycles. The number of carbonyl (C=O) groups excluding carboxylic acids is 1. The van der Waals surface area contributed by atoms with E-state index < -0.39 is 6.10 Å². The maximum absolute atomic E-state index is 11.5. The van der Waals surface area contributed by atoms with Gasteiger partial charge in [-0.15, -0.1) is 0 Å². The van der Waals surface area contributed by atoms with Crippen LogP contribution in [-0.2, 0) is 4.79 Å². The van der Waals surface area contributed by atoms with Crippen LogP contribution in [0.4, 0.5) is 0 Å². The monoisotopic (exact) mass is 368 g/mol. The smallest absolute Gasteiger partial charge is 0.242 e. The number of amides is 1. The number of hydrogen-bond acceptors (Lipinski definition) is 5. The lowest BCUT2D eigenvalue weighted by Gasteiger charge is -2.11. The molecule has 2 aromatic rings. The van der Waals surface area contributed by atoms with Gasteiger partial charge in [-0.3, -0.25) is 4.79 Å². The lowest BCUT2D eigenvalue weighted by atomic mass is 10.2. The first kappa shape index (κ1) is 20.2. The van der Waals surface area contributed by atoms with Crippen molar-refractivity contribution < 1.29 is 19.4 Å². The van der Waals surface area contributed by atoms with E-state index in [0.717, 1.165) is 5.56 Å². The molecule has 2 rings (SSSR count). The molecule has 2 N–H and O–H groups in total. The second kappa shape index (κ2) is 10.8. The first-order valence-corrected chi connectivity index (χ1v) is 8.61. The molecule has 0 saturated carbocycles. The van der Waals surface area contributed by atoms with Crippen LogP contribution in [0.2, 0.25) is 0 Å². The number of para-hydroxylation sites is 1. The largest absolute Gasteiger partial charge is 0.493 e. The van der Waals surface area contributed by atoms with Gasteiger partial charge in [0.1, 0.15) is 6.61 Å². The van der Waals surface area contributed by atoms with E-state index in [1.807, 2.05) is 54.6 Å². The van der Waals surface area contributed by atoms with E-state index in [9.17, 15) is 9.90 Å². The number of aliphatic hydroxyl groups is 1. The van der Waals surface area contributed by atoms with Crippen molar-refractivity contribution >= 4 is 18.2 Å². The summed E-state index contributed by atoms with van der Waals surface area (Å²) in [7, 11) is 1.56. The number of methoxy groups -OCH3 is 1. The van der Waals surface area contributed by atoms with Crippen LogP contribution in [0.3, 0.4) is 0 Å². The summed E-state index contributed by atoms with van der Waals surface area (Å²) >= 11 is 0. The van der Waals surface area contributed by atoms with Crippen LogP contribution in [0.25, 0.3) is 6.08 Å². The van der Waals surface area contributed by atoms with Gasteiger partial charge in [-0.2, -0.15) is 5.10 Å². The highest BCUT2D eigenvalue weighted by atomic mass is 16.5. The molecular weight excluding hydrogens is 344 g/mol. The van der Waals surface area contributed by atoms with Gasteiger partial charge in [0.05, 0.1) is 25.8 Å².